The number of carbonyl (C=O) groups excluding carboxylic acids is 4. The quantitative estimate of drug-likeness (QED) is 0.688. The summed E-state index contributed by atoms with van der Waals surface area (Å²) in [4.78, 5) is 44.8. The fourth-order valence-electron chi connectivity index (χ4n) is 1.33. The van der Waals surface area contributed by atoms with Crippen molar-refractivity contribution < 1.29 is 33.2 Å². The summed E-state index contributed by atoms with van der Waals surface area (Å²) < 4.78 is -2.15. The molecule has 13 heavy (non-hydrogen) atoms. The van der Waals surface area contributed by atoms with Crippen LogP contribution in [0.4, 0.5) is 0 Å². The number of hydrogen-bond acceptors (Lipinski definition) is 4. The molecular formula is C8H12O4V. The maximum absolute atomic E-state index is 11.2. The molecule has 0 spiro atoms. The van der Waals surface area contributed by atoms with Gasteiger partial charge in [0.1, 0.15) is 0 Å². The first kappa shape index (κ1) is 12.3. The van der Waals surface area contributed by atoms with Crippen LogP contribution < -0.4 is 0 Å². The molecule has 0 aromatic carbocycles. The minimum absolute atomic E-state index is 0.536. The Kier molecular flexibility index (Phi) is 3.76. The van der Waals surface area contributed by atoms with E-state index in [9.17, 15) is 19.2 Å². The topological polar surface area (TPSA) is 68.3 Å². The molecule has 0 saturated heterocycles. The molecule has 73 valence electrons. The molecule has 0 rings (SSSR count). The van der Waals surface area contributed by atoms with Gasteiger partial charge in [-0.1, -0.05) is 0 Å². The van der Waals surface area contributed by atoms with E-state index in [1.807, 2.05) is 0 Å². The van der Waals surface area contributed by atoms with Gasteiger partial charge in [-0.2, -0.15) is 0 Å². The summed E-state index contributed by atoms with van der Waals surface area (Å²) in [6.07, 6.45) is 0. The molecule has 0 radical (unpaired) electrons. The average Bonchev–Trinajstić information content (AvgIpc) is 1.82. The van der Waals surface area contributed by atoms with E-state index in [4.69, 9.17) is 0 Å². The molecular weight excluding hydrogens is 211 g/mol. The van der Waals surface area contributed by atoms with Gasteiger partial charge in [-0.25, -0.2) is 0 Å². The first-order chi connectivity index (χ1) is 5.77. The molecule has 5 heteroatoms. The monoisotopic (exact) mass is 223 g/mol. The molecule has 4 nitrogen and oxygen atoms in total. The molecule has 0 saturated carbocycles. The number of carbonyl (C=O) groups is 4. The maximum atomic E-state index is 11.2. The first-order valence-corrected chi connectivity index (χ1v) is 6.50. The summed E-state index contributed by atoms with van der Waals surface area (Å²) in [6, 6.07) is 0. The Morgan fingerprint density at radius 2 is 0.769 bits per heavy atom. The third-order valence-corrected chi connectivity index (χ3v) is 7.79. The van der Waals surface area contributed by atoms with Gasteiger partial charge in [-0.05, 0) is 0 Å². The predicted octanol–water partition coefficient (Wildman–Crippen LogP) is 0.326. The van der Waals surface area contributed by atoms with E-state index in [2.05, 4.69) is 0 Å². The fraction of sp³-hybridized carbons (Fsp3) is 0.500. The molecule has 0 aliphatic heterocycles. The van der Waals surface area contributed by atoms with Crippen LogP contribution in [-0.2, 0) is 33.2 Å². The van der Waals surface area contributed by atoms with Gasteiger partial charge in [0.05, 0.1) is 0 Å². The first-order valence-electron chi connectivity index (χ1n) is 3.71. The molecule has 0 bridgehead atoms. The number of rotatable bonds is 4. The third kappa shape index (κ3) is 1.79. The fourth-order valence-corrected chi connectivity index (χ4v) is 5.49. The van der Waals surface area contributed by atoms with Gasteiger partial charge in [0.2, 0.25) is 0 Å². The van der Waals surface area contributed by atoms with Crippen molar-refractivity contribution in [2.24, 2.45) is 0 Å². The summed E-state index contributed by atoms with van der Waals surface area (Å²) in [5.74, 6) is 0. The van der Waals surface area contributed by atoms with E-state index in [-0.39, 0.29) is 0 Å². The standard InChI is InChI=1S/4C2H3O.V/c4*1-2-3;/h4*1H3;. The SMILES string of the molecule is C[C](=O)[V]([C](C)=O)([C](C)=O)[C](C)=O. The molecule has 0 amide bonds. The van der Waals surface area contributed by atoms with Crippen molar-refractivity contribution >= 4 is 18.0 Å². The normalized spacial score (nSPS) is 10.8. The summed E-state index contributed by atoms with van der Waals surface area (Å²) >= 11 is -4.04. The van der Waals surface area contributed by atoms with Crippen LogP contribution in [0.25, 0.3) is 0 Å². The molecule has 0 N–H and O–H groups in total. The Hall–Kier alpha value is -0.736. The van der Waals surface area contributed by atoms with Crippen LogP contribution in [0.2, 0.25) is 0 Å². The Bertz CT molecular complexity index is 231. The van der Waals surface area contributed by atoms with Crippen molar-refractivity contribution in [2.45, 2.75) is 27.7 Å². The Morgan fingerprint density at radius 3 is 0.769 bits per heavy atom. The van der Waals surface area contributed by atoms with Gasteiger partial charge in [0.25, 0.3) is 0 Å². The van der Waals surface area contributed by atoms with Crippen molar-refractivity contribution in [3.8, 4) is 0 Å². The Labute approximate surface area is 79.3 Å². The van der Waals surface area contributed by atoms with Gasteiger partial charge < -0.3 is 0 Å². The van der Waals surface area contributed by atoms with Crippen molar-refractivity contribution in [1.29, 1.82) is 0 Å². The van der Waals surface area contributed by atoms with Crippen molar-refractivity contribution in [3.63, 3.8) is 0 Å². The molecule has 0 aliphatic rings. The van der Waals surface area contributed by atoms with Crippen LogP contribution in [0.1, 0.15) is 27.7 Å². The Morgan fingerprint density at radius 1 is 0.615 bits per heavy atom. The van der Waals surface area contributed by atoms with E-state index < -0.39 is 32.0 Å². The second kappa shape index (κ2) is 3.98. The third-order valence-electron chi connectivity index (χ3n) is 1.89. The van der Waals surface area contributed by atoms with Crippen LogP contribution >= 0.6 is 0 Å². The van der Waals surface area contributed by atoms with Crippen LogP contribution in [0.15, 0.2) is 0 Å². The summed E-state index contributed by atoms with van der Waals surface area (Å²) in [6.45, 7) is 4.60. The minimum atomic E-state index is -4.04. The van der Waals surface area contributed by atoms with E-state index in [0.717, 1.165) is 27.7 Å². The molecule has 0 atom stereocenters. The molecule has 0 aliphatic carbocycles. The molecule has 0 unspecified atom stereocenters. The van der Waals surface area contributed by atoms with Crippen molar-refractivity contribution in [3.05, 3.63) is 0 Å². The molecule has 0 heterocycles. The second-order valence-electron chi connectivity index (χ2n) is 2.75. The van der Waals surface area contributed by atoms with E-state index >= 15 is 0 Å². The summed E-state index contributed by atoms with van der Waals surface area (Å²) in [5.41, 5.74) is 0. The average molecular weight is 223 g/mol. The number of hydrogen-bond donors (Lipinski definition) is 0. The molecule has 0 aromatic heterocycles. The van der Waals surface area contributed by atoms with E-state index in [1.54, 1.807) is 0 Å². The van der Waals surface area contributed by atoms with Gasteiger partial charge in [-0.3, -0.25) is 0 Å². The van der Waals surface area contributed by atoms with Crippen molar-refractivity contribution in [2.75, 3.05) is 0 Å². The van der Waals surface area contributed by atoms with Crippen LogP contribution in [0.3, 0.4) is 0 Å². The Balaban J connectivity index is 5.60. The molecule has 0 aromatic rings. The van der Waals surface area contributed by atoms with Gasteiger partial charge in [0, 0.05) is 0 Å². The zero-order chi connectivity index (χ0) is 10.8. The molecule has 0 fully saturated rings. The summed E-state index contributed by atoms with van der Waals surface area (Å²) in [7, 11) is 0. The van der Waals surface area contributed by atoms with E-state index in [1.165, 1.54) is 0 Å². The zero-order valence-electron chi connectivity index (χ0n) is 8.08. The van der Waals surface area contributed by atoms with Gasteiger partial charge in [0.15, 0.2) is 0 Å². The van der Waals surface area contributed by atoms with Crippen LogP contribution in [0.5, 0.6) is 0 Å². The van der Waals surface area contributed by atoms with E-state index in [0.29, 0.717) is 0 Å². The predicted molar refractivity (Wildman–Crippen MR) is 42.7 cm³/mol. The van der Waals surface area contributed by atoms with Crippen molar-refractivity contribution in [1.82, 2.24) is 0 Å². The summed E-state index contributed by atoms with van der Waals surface area (Å²) in [5, 5.41) is 0. The zero-order valence-corrected chi connectivity index (χ0v) is 9.48. The second-order valence-corrected chi connectivity index (χ2v) is 8.78. The van der Waals surface area contributed by atoms with Gasteiger partial charge in [-0.15, -0.1) is 0 Å². The van der Waals surface area contributed by atoms with Crippen LogP contribution in [-0.4, -0.2) is 18.0 Å². The van der Waals surface area contributed by atoms with Gasteiger partial charge >= 0.3 is 78.9 Å². The van der Waals surface area contributed by atoms with Crippen LogP contribution in [0, 0.1) is 0 Å².